The number of benzene rings is 1. The third-order valence-corrected chi connectivity index (χ3v) is 6.18. The first kappa shape index (κ1) is 20.2. The molecule has 0 bridgehead atoms. The van der Waals surface area contributed by atoms with Gasteiger partial charge in [0.25, 0.3) is 11.1 Å². The molecule has 0 saturated carbocycles. The molecule has 2 aliphatic heterocycles. The van der Waals surface area contributed by atoms with Gasteiger partial charge in [0.05, 0.1) is 21.5 Å². The number of imide groups is 1. The van der Waals surface area contributed by atoms with Gasteiger partial charge in [-0.05, 0) is 70.7 Å². The average molecular weight is 474 g/mol. The fourth-order valence-electron chi connectivity index (χ4n) is 3.02. The highest BCUT2D eigenvalue weighted by Crippen LogP contribution is 2.37. The SMILES string of the molecule is COc1c(Cl)cc(/C=C2\SC(=O)N(CC(=O)N3CCCCC3)C2=O)cc1Br. The van der Waals surface area contributed by atoms with Crippen molar-refractivity contribution in [1.82, 2.24) is 9.80 Å². The quantitative estimate of drug-likeness (QED) is 0.614. The molecule has 1 aromatic rings. The number of carbonyl (C=O) groups is 3. The number of rotatable bonds is 4. The molecule has 0 N–H and O–H groups in total. The van der Waals surface area contributed by atoms with Crippen molar-refractivity contribution < 1.29 is 19.1 Å². The molecule has 1 aromatic carbocycles. The van der Waals surface area contributed by atoms with E-state index in [1.807, 2.05) is 0 Å². The smallest absolute Gasteiger partial charge is 0.294 e. The molecule has 144 valence electrons. The molecule has 2 fully saturated rings. The van der Waals surface area contributed by atoms with Crippen molar-refractivity contribution in [2.45, 2.75) is 19.3 Å². The highest BCUT2D eigenvalue weighted by molar-refractivity contribution is 9.10. The number of carbonyl (C=O) groups excluding carboxylic acids is 3. The highest BCUT2D eigenvalue weighted by Gasteiger charge is 2.37. The van der Waals surface area contributed by atoms with Gasteiger partial charge in [0.1, 0.15) is 6.54 Å². The van der Waals surface area contributed by atoms with Crippen molar-refractivity contribution in [3.63, 3.8) is 0 Å². The van der Waals surface area contributed by atoms with Crippen LogP contribution in [0.3, 0.4) is 0 Å². The summed E-state index contributed by atoms with van der Waals surface area (Å²) in [5.74, 6) is -0.152. The number of hydrogen-bond donors (Lipinski definition) is 0. The molecule has 0 unspecified atom stereocenters. The Morgan fingerprint density at radius 1 is 1.30 bits per heavy atom. The lowest BCUT2D eigenvalue weighted by Gasteiger charge is -2.27. The molecule has 0 aromatic heterocycles. The lowest BCUT2D eigenvalue weighted by Crippen LogP contribution is -2.44. The minimum atomic E-state index is -0.460. The molecule has 0 spiro atoms. The normalized spacial score (nSPS) is 19.1. The Morgan fingerprint density at radius 3 is 2.63 bits per heavy atom. The van der Waals surface area contributed by atoms with Gasteiger partial charge < -0.3 is 9.64 Å². The minimum Gasteiger partial charge on any atom is -0.494 e. The Balaban J connectivity index is 1.75. The number of halogens is 2. The summed E-state index contributed by atoms with van der Waals surface area (Å²) < 4.78 is 5.82. The second kappa shape index (κ2) is 8.67. The van der Waals surface area contributed by atoms with Crippen molar-refractivity contribution in [3.05, 3.63) is 32.1 Å². The number of likely N-dealkylation sites (tertiary alicyclic amines) is 1. The van der Waals surface area contributed by atoms with Crippen LogP contribution in [0.1, 0.15) is 24.8 Å². The molecule has 27 heavy (non-hydrogen) atoms. The third kappa shape index (κ3) is 4.50. The van der Waals surface area contributed by atoms with E-state index in [4.69, 9.17) is 16.3 Å². The lowest BCUT2D eigenvalue weighted by atomic mass is 10.1. The number of methoxy groups -OCH3 is 1. The zero-order valence-corrected chi connectivity index (χ0v) is 17.8. The molecule has 3 amide bonds. The molecule has 0 radical (unpaired) electrons. The number of thioether (sulfide) groups is 1. The van der Waals surface area contributed by atoms with E-state index in [0.29, 0.717) is 33.9 Å². The van der Waals surface area contributed by atoms with Crippen molar-refractivity contribution >= 4 is 62.4 Å². The predicted molar refractivity (Wildman–Crippen MR) is 109 cm³/mol. The van der Waals surface area contributed by atoms with Gasteiger partial charge in [-0.15, -0.1) is 0 Å². The fraction of sp³-hybridized carbons (Fsp3) is 0.389. The van der Waals surface area contributed by atoms with Crippen LogP contribution in [0.4, 0.5) is 4.79 Å². The summed E-state index contributed by atoms with van der Waals surface area (Å²) in [4.78, 5) is 40.2. The molecule has 0 atom stereocenters. The minimum absolute atomic E-state index is 0.187. The molecule has 2 heterocycles. The molecule has 2 aliphatic rings. The van der Waals surface area contributed by atoms with Gasteiger partial charge in [0, 0.05) is 13.1 Å². The summed E-state index contributed by atoms with van der Waals surface area (Å²) in [6.07, 6.45) is 4.61. The largest absolute Gasteiger partial charge is 0.494 e. The lowest BCUT2D eigenvalue weighted by molar-refractivity contribution is -0.136. The van der Waals surface area contributed by atoms with Crippen molar-refractivity contribution in [2.24, 2.45) is 0 Å². The van der Waals surface area contributed by atoms with E-state index in [-0.39, 0.29) is 17.4 Å². The average Bonchev–Trinajstić information content (AvgIpc) is 2.89. The second-order valence-electron chi connectivity index (χ2n) is 6.23. The standard InChI is InChI=1S/C18H18BrClN2O4S/c1-26-16-12(19)7-11(8-13(16)20)9-14-17(24)22(18(25)27-14)10-15(23)21-5-3-2-4-6-21/h7-9H,2-6,10H2,1H3/b14-9-. The maximum atomic E-state index is 12.6. The first-order valence-corrected chi connectivity index (χ1v) is 10.5. The van der Waals surface area contributed by atoms with Crippen LogP contribution >= 0.6 is 39.3 Å². The zero-order valence-electron chi connectivity index (χ0n) is 14.7. The maximum Gasteiger partial charge on any atom is 0.294 e. The van der Waals surface area contributed by atoms with Crippen LogP contribution in [0.2, 0.25) is 5.02 Å². The summed E-state index contributed by atoms with van der Waals surface area (Å²) in [6, 6.07) is 3.40. The molecular weight excluding hydrogens is 456 g/mol. The van der Waals surface area contributed by atoms with E-state index in [1.165, 1.54) is 7.11 Å². The number of hydrogen-bond acceptors (Lipinski definition) is 5. The fourth-order valence-corrected chi connectivity index (χ4v) is 4.92. The maximum absolute atomic E-state index is 12.6. The van der Waals surface area contributed by atoms with Crippen molar-refractivity contribution in [2.75, 3.05) is 26.7 Å². The number of nitrogens with zero attached hydrogens (tertiary/aromatic N) is 2. The molecule has 3 rings (SSSR count). The summed E-state index contributed by atoms with van der Waals surface area (Å²) in [5, 5.41) is -0.0482. The molecule has 6 nitrogen and oxygen atoms in total. The summed E-state index contributed by atoms with van der Waals surface area (Å²) in [6.45, 7) is 1.15. The Labute approximate surface area is 175 Å². The van der Waals surface area contributed by atoms with Gasteiger partial charge in [0.2, 0.25) is 5.91 Å². The Hall–Kier alpha value is -1.51. The molecule has 0 aliphatic carbocycles. The van der Waals surface area contributed by atoms with Gasteiger partial charge in [0.15, 0.2) is 5.75 Å². The van der Waals surface area contributed by atoms with Gasteiger partial charge >= 0.3 is 0 Å². The second-order valence-corrected chi connectivity index (χ2v) is 8.48. The molecule has 2 saturated heterocycles. The number of amides is 3. The highest BCUT2D eigenvalue weighted by atomic mass is 79.9. The summed E-state index contributed by atoms with van der Waals surface area (Å²) in [5.41, 5.74) is 0.653. The predicted octanol–water partition coefficient (Wildman–Crippen LogP) is 4.16. The van der Waals surface area contributed by atoms with E-state index >= 15 is 0 Å². The number of ether oxygens (including phenoxy) is 1. The van der Waals surface area contributed by atoms with E-state index in [1.54, 1.807) is 23.1 Å². The van der Waals surface area contributed by atoms with Gasteiger partial charge in [-0.1, -0.05) is 11.6 Å². The molecule has 9 heteroatoms. The van der Waals surface area contributed by atoms with Crippen LogP contribution in [0.25, 0.3) is 6.08 Å². The first-order chi connectivity index (χ1) is 12.9. The topological polar surface area (TPSA) is 66.9 Å². The Bertz CT molecular complexity index is 801. The van der Waals surface area contributed by atoms with Gasteiger partial charge in [-0.2, -0.15) is 0 Å². The van der Waals surface area contributed by atoms with Crippen LogP contribution in [-0.4, -0.2) is 53.6 Å². The third-order valence-electron chi connectivity index (χ3n) is 4.40. The summed E-state index contributed by atoms with van der Waals surface area (Å²) >= 11 is 10.4. The van der Waals surface area contributed by atoms with Crippen molar-refractivity contribution in [3.8, 4) is 5.75 Å². The van der Waals surface area contributed by atoms with Crippen molar-refractivity contribution in [1.29, 1.82) is 0 Å². The van der Waals surface area contributed by atoms with E-state index in [2.05, 4.69) is 15.9 Å². The monoisotopic (exact) mass is 472 g/mol. The van der Waals surface area contributed by atoms with E-state index < -0.39 is 11.1 Å². The number of piperidine rings is 1. The van der Waals surface area contributed by atoms with Crippen LogP contribution in [0.15, 0.2) is 21.5 Å². The summed E-state index contributed by atoms with van der Waals surface area (Å²) in [7, 11) is 1.51. The van der Waals surface area contributed by atoms with Crippen LogP contribution in [-0.2, 0) is 9.59 Å². The first-order valence-electron chi connectivity index (χ1n) is 8.47. The Kier molecular flexibility index (Phi) is 6.49. The van der Waals surface area contributed by atoms with Gasteiger partial charge in [-0.25, -0.2) is 0 Å². The Morgan fingerprint density at radius 2 is 2.00 bits per heavy atom. The van der Waals surface area contributed by atoms with Crippen LogP contribution in [0, 0.1) is 0 Å². The van der Waals surface area contributed by atoms with Gasteiger partial charge in [-0.3, -0.25) is 19.3 Å². The zero-order chi connectivity index (χ0) is 19.6. The van der Waals surface area contributed by atoms with E-state index in [0.717, 1.165) is 35.9 Å². The van der Waals surface area contributed by atoms with E-state index in [9.17, 15) is 14.4 Å². The van der Waals surface area contributed by atoms with Crippen LogP contribution < -0.4 is 4.74 Å². The van der Waals surface area contributed by atoms with Crippen LogP contribution in [0.5, 0.6) is 5.75 Å². The molecular formula is C18H18BrClN2O4S.